The molecule has 8 heteroatoms. The van der Waals surface area contributed by atoms with Crippen molar-refractivity contribution in [1.29, 1.82) is 0 Å². The second kappa shape index (κ2) is 9.47. The molecule has 30 heavy (non-hydrogen) atoms. The number of rotatable bonds is 8. The van der Waals surface area contributed by atoms with Crippen molar-refractivity contribution in [1.82, 2.24) is 9.97 Å². The van der Waals surface area contributed by atoms with E-state index >= 15 is 0 Å². The standard InChI is InChI=1S/C22H37N5O3/c1-4-9-22(30-3)11-7-15(8-12-22)26-20-24-14-17(18(23)28)19(27-20)25-16-6-5-10-21(2,29)13-16/h14-16,29H,4-13H2,1-3H3,(H2,23,28)(H2,24,25,26,27)/t15?,16?,21-,22?/m0/s1. The summed E-state index contributed by atoms with van der Waals surface area (Å²) in [6.07, 6.45) is 10.9. The normalized spacial score (nSPS) is 31.9. The molecule has 1 amide bonds. The van der Waals surface area contributed by atoms with Crippen molar-refractivity contribution in [2.75, 3.05) is 17.7 Å². The molecular weight excluding hydrogens is 382 g/mol. The van der Waals surface area contributed by atoms with Gasteiger partial charge in [-0.3, -0.25) is 4.79 Å². The average molecular weight is 420 g/mol. The number of carbonyl (C=O) groups is 1. The maximum Gasteiger partial charge on any atom is 0.254 e. The van der Waals surface area contributed by atoms with Crippen molar-refractivity contribution in [3.63, 3.8) is 0 Å². The highest BCUT2D eigenvalue weighted by Crippen LogP contribution is 2.36. The van der Waals surface area contributed by atoms with Crippen LogP contribution in [0.3, 0.4) is 0 Å². The topological polar surface area (TPSA) is 122 Å². The summed E-state index contributed by atoms with van der Waals surface area (Å²) in [7, 11) is 1.82. The summed E-state index contributed by atoms with van der Waals surface area (Å²) in [4.78, 5) is 20.8. The largest absolute Gasteiger partial charge is 0.390 e. The van der Waals surface area contributed by atoms with Gasteiger partial charge in [-0.25, -0.2) is 4.98 Å². The van der Waals surface area contributed by atoms with Gasteiger partial charge >= 0.3 is 0 Å². The molecule has 168 valence electrons. The van der Waals surface area contributed by atoms with E-state index in [1.54, 1.807) is 0 Å². The molecule has 0 aliphatic heterocycles. The molecule has 2 aliphatic carbocycles. The van der Waals surface area contributed by atoms with Crippen molar-refractivity contribution in [3.8, 4) is 0 Å². The van der Waals surface area contributed by atoms with Crippen molar-refractivity contribution in [2.24, 2.45) is 5.73 Å². The summed E-state index contributed by atoms with van der Waals surface area (Å²) in [5.41, 5.74) is 5.10. The second-order valence-corrected chi connectivity index (χ2v) is 9.31. The van der Waals surface area contributed by atoms with Crippen molar-refractivity contribution in [3.05, 3.63) is 11.8 Å². The first-order valence-corrected chi connectivity index (χ1v) is 11.2. The number of nitrogens with one attached hydrogen (secondary N) is 2. The number of anilines is 2. The van der Waals surface area contributed by atoms with Crippen LogP contribution < -0.4 is 16.4 Å². The smallest absolute Gasteiger partial charge is 0.254 e. The maximum atomic E-state index is 11.9. The molecule has 1 aromatic heterocycles. The molecule has 2 aliphatic rings. The predicted octanol–water partition coefficient (Wildman–Crippen LogP) is 3.22. The highest BCUT2D eigenvalue weighted by atomic mass is 16.5. The zero-order valence-electron chi connectivity index (χ0n) is 18.5. The highest BCUT2D eigenvalue weighted by Gasteiger charge is 2.35. The van der Waals surface area contributed by atoms with E-state index in [1.165, 1.54) is 6.20 Å². The van der Waals surface area contributed by atoms with E-state index in [2.05, 4.69) is 27.5 Å². The van der Waals surface area contributed by atoms with Crippen LogP contribution in [0.25, 0.3) is 0 Å². The predicted molar refractivity (Wildman–Crippen MR) is 118 cm³/mol. The van der Waals surface area contributed by atoms with Crippen LogP contribution in [0.4, 0.5) is 11.8 Å². The van der Waals surface area contributed by atoms with Crippen LogP contribution in [-0.2, 0) is 4.74 Å². The number of ether oxygens (including phenoxy) is 1. The Labute approximate surface area is 179 Å². The van der Waals surface area contributed by atoms with Gasteiger partial charge in [0.25, 0.3) is 5.91 Å². The lowest BCUT2D eigenvalue weighted by atomic mass is 9.79. The van der Waals surface area contributed by atoms with E-state index in [-0.39, 0.29) is 23.2 Å². The van der Waals surface area contributed by atoms with E-state index in [4.69, 9.17) is 10.5 Å². The number of nitrogens with two attached hydrogens (primary N) is 1. The average Bonchev–Trinajstić information content (AvgIpc) is 2.69. The van der Waals surface area contributed by atoms with Gasteiger partial charge < -0.3 is 26.2 Å². The number of amides is 1. The summed E-state index contributed by atoms with van der Waals surface area (Å²) in [5.74, 6) is 0.375. The Kier molecular flexibility index (Phi) is 7.18. The molecule has 8 nitrogen and oxygen atoms in total. The fourth-order valence-corrected chi connectivity index (χ4v) is 5.01. The summed E-state index contributed by atoms with van der Waals surface area (Å²) < 4.78 is 5.84. The molecule has 1 unspecified atom stereocenters. The van der Waals surface area contributed by atoms with Crippen LogP contribution >= 0.6 is 0 Å². The third-order valence-electron chi connectivity index (χ3n) is 6.72. The van der Waals surface area contributed by atoms with E-state index in [1.807, 2.05) is 14.0 Å². The van der Waals surface area contributed by atoms with Gasteiger partial charge in [0, 0.05) is 25.4 Å². The SMILES string of the molecule is CCCC1(OC)CCC(Nc2ncc(C(N)=O)c(NC3CCC[C@](C)(O)C3)n2)CC1. The molecule has 2 atom stereocenters. The van der Waals surface area contributed by atoms with Crippen LogP contribution in [0, 0.1) is 0 Å². The summed E-state index contributed by atoms with van der Waals surface area (Å²) >= 11 is 0. The van der Waals surface area contributed by atoms with Gasteiger partial charge in [0.2, 0.25) is 5.95 Å². The van der Waals surface area contributed by atoms with E-state index in [9.17, 15) is 9.90 Å². The van der Waals surface area contributed by atoms with Crippen LogP contribution in [0.15, 0.2) is 6.20 Å². The minimum absolute atomic E-state index is 0.00570. The molecule has 0 bridgehead atoms. The Morgan fingerprint density at radius 1 is 1.27 bits per heavy atom. The van der Waals surface area contributed by atoms with Crippen LogP contribution in [0.1, 0.15) is 88.4 Å². The van der Waals surface area contributed by atoms with Gasteiger partial charge in [0.05, 0.1) is 16.8 Å². The third kappa shape index (κ3) is 5.60. The number of carbonyl (C=O) groups excluding carboxylic acids is 1. The summed E-state index contributed by atoms with van der Waals surface area (Å²) in [6, 6.07) is 0.313. The molecule has 5 N–H and O–H groups in total. The van der Waals surface area contributed by atoms with Crippen LogP contribution in [0.5, 0.6) is 0 Å². The number of hydrogen-bond donors (Lipinski definition) is 4. The molecular formula is C22H37N5O3. The Hall–Kier alpha value is -1.93. The molecule has 0 saturated heterocycles. The Morgan fingerprint density at radius 2 is 2.00 bits per heavy atom. The van der Waals surface area contributed by atoms with Gasteiger partial charge in [-0.05, 0) is 64.7 Å². The first kappa shape index (κ1) is 22.7. The number of primary amides is 1. The van der Waals surface area contributed by atoms with Crippen molar-refractivity contribution < 1.29 is 14.6 Å². The van der Waals surface area contributed by atoms with Gasteiger partial charge in [-0.1, -0.05) is 13.3 Å². The molecule has 0 spiro atoms. The second-order valence-electron chi connectivity index (χ2n) is 9.31. The zero-order chi connectivity index (χ0) is 21.8. The van der Waals surface area contributed by atoms with Crippen LogP contribution in [-0.4, -0.2) is 51.4 Å². The molecule has 1 aromatic rings. The number of aromatic nitrogens is 2. The Bertz CT molecular complexity index is 731. The first-order valence-electron chi connectivity index (χ1n) is 11.2. The number of aliphatic hydroxyl groups is 1. The quantitative estimate of drug-likeness (QED) is 0.510. The maximum absolute atomic E-state index is 11.9. The summed E-state index contributed by atoms with van der Waals surface area (Å²) in [5, 5.41) is 17.1. The van der Waals surface area contributed by atoms with Gasteiger partial charge in [0.15, 0.2) is 0 Å². The number of nitrogens with zero attached hydrogens (tertiary/aromatic N) is 2. The zero-order valence-corrected chi connectivity index (χ0v) is 18.5. The fraction of sp³-hybridized carbons (Fsp3) is 0.773. The van der Waals surface area contributed by atoms with E-state index < -0.39 is 11.5 Å². The van der Waals surface area contributed by atoms with Gasteiger partial charge in [-0.2, -0.15) is 4.98 Å². The molecule has 0 radical (unpaired) electrons. The highest BCUT2D eigenvalue weighted by molar-refractivity contribution is 5.97. The number of hydrogen-bond acceptors (Lipinski definition) is 7. The summed E-state index contributed by atoms with van der Waals surface area (Å²) in [6.45, 7) is 4.05. The van der Waals surface area contributed by atoms with Crippen molar-refractivity contribution in [2.45, 2.75) is 101 Å². The lowest BCUT2D eigenvalue weighted by Crippen LogP contribution is -2.40. The Morgan fingerprint density at radius 3 is 2.60 bits per heavy atom. The molecule has 2 saturated carbocycles. The van der Waals surface area contributed by atoms with Crippen LogP contribution in [0.2, 0.25) is 0 Å². The molecule has 2 fully saturated rings. The van der Waals surface area contributed by atoms with E-state index in [0.29, 0.717) is 18.2 Å². The minimum atomic E-state index is -0.703. The minimum Gasteiger partial charge on any atom is -0.390 e. The van der Waals surface area contributed by atoms with Gasteiger partial charge in [-0.15, -0.1) is 0 Å². The molecule has 3 rings (SSSR count). The fourth-order valence-electron chi connectivity index (χ4n) is 5.01. The van der Waals surface area contributed by atoms with Gasteiger partial charge in [0.1, 0.15) is 5.82 Å². The lowest BCUT2D eigenvalue weighted by molar-refractivity contribution is -0.0477. The molecule has 0 aromatic carbocycles. The Balaban J connectivity index is 1.68. The third-order valence-corrected chi connectivity index (χ3v) is 6.72. The number of methoxy groups -OCH3 is 1. The lowest BCUT2D eigenvalue weighted by Gasteiger charge is -2.39. The monoisotopic (exact) mass is 419 g/mol. The molecule has 1 heterocycles. The van der Waals surface area contributed by atoms with Crippen molar-refractivity contribution >= 4 is 17.7 Å². The van der Waals surface area contributed by atoms with E-state index in [0.717, 1.165) is 57.8 Å². The first-order chi connectivity index (χ1) is 14.3.